The van der Waals surface area contributed by atoms with Crippen LogP contribution in [0.25, 0.3) is 5.57 Å². The Morgan fingerprint density at radius 3 is 2.75 bits per heavy atom. The highest BCUT2D eigenvalue weighted by atomic mass is 16.5. The third kappa shape index (κ3) is 1.64. The molecule has 1 aromatic rings. The second-order valence-electron chi connectivity index (χ2n) is 4.15. The summed E-state index contributed by atoms with van der Waals surface area (Å²) in [5.41, 5.74) is 4.18. The van der Waals surface area contributed by atoms with E-state index < -0.39 is 0 Å². The third-order valence-corrected chi connectivity index (χ3v) is 3.07. The number of benzene rings is 1. The number of hydrogen-bond acceptors (Lipinski definition) is 2. The second kappa shape index (κ2) is 4.12. The third-order valence-electron chi connectivity index (χ3n) is 3.07. The van der Waals surface area contributed by atoms with Crippen LogP contribution in [0.5, 0.6) is 5.75 Å². The molecule has 2 nitrogen and oxygen atoms in total. The van der Waals surface area contributed by atoms with Crippen molar-refractivity contribution in [2.75, 3.05) is 7.11 Å². The second-order valence-corrected chi connectivity index (χ2v) is 4.15. The van der Waals surface area contributed by atoms with Crippen molar-refractivity contribution in [3.8, 4) is 5.75 Å². The molecule has 1 aliphatic carbocycles. The summed E-state index contributed by atoms with van der Waals surface area (Å²) in [7, 11) is 1.69. The number of allylic oxidation sites excluding steroid dienone is 2. The summed E-state index contributed by atoms with van der Waals surface area (Å²) in [5, 5.41) is 0. The van der Waals surface area contributed by atoms with Crippen molar-refractivity contribution in [1.29, 1.82) is 0 Å². The molecule has 0 N–H and O–H groups in total. The summed E-state index contributed by atoms with van der Waals surface area (Å²) in [6.07, 6.45) is 3.90. The molecule has 0 aromatic heterocycles. The lowest BCUT2D eigenvalue weighted by atomic mass is 9.87. The zero-order chi connectivity index (χ0) is 11.7. The standard InChI is InChI=1S/C14H16O2/c1-9-7-8-12-11(10(2)15)5-4-6-13(12)14(9)16-3/h5,7-8H,4,6H2,1-3H3. The van der Waals surface area contributed by atoms with Crippen LogP contribution in [-0.2, 0) is 11.2 Å². The van der Waals surface area contributed by atoms with Gasteiger partial charge in [0.25, 0.3) is 0 Å². The zero-order valence-electron chi connectivity index (χ0n) is 9.96. The quantitative estimate of drug-likeness (QED) is 0.759. The fourth-order valence-electron chi connectivity index (χ4n) is 2.33. The van der Waals surface area contributed by atoms with Crippen LogP contribution in [0, 0.1) is 6.92 Å². The average molecular weight is 216 g/mol. The molecule has 0 saturated heterocycles. The number of ether oxygens (including phenoxy) is 1. The van der Waals surface area contributed by atoms with E-state index in [0.29, 0.717) is 0 Å². The maximum absolute atomic E-state index is 11.5. The van der Waals surface area contributed by atoms with Crippen LogP contribution >= 0.6 is 0 Å². The molecule has 0 radical (unpaired) electrons. The molecule has 0 saturated carbocycles. The molecule has 0 heterocycles. The molecule has 0 aliphatic heterocycles. The molecular weight excluding hydrogens is 200 g/mol. The van der Waals surface area contributed by atoms with Gasteiger partial charge in [-0.2, -0.15) is 0 Å². The molecule has 0 fully saturated rings. The summed E-state index contributed by atoms with van der Waals surface area (Å²) < 4.78 is 5.43. The van der Waals surface area contributed by atoms with Crippen LogP contribution in [0.2, 0.25) is 0 Å². The van der Waals surface area contributed by atoms with Gasteiger partial charge in [0.15, 0.2) is 5.78 Å². The largest absolute Gasteiger partial charge is 0.496 e. The summed E-state index contributed by atoms with van der Waals surface area (Å²) >= 11 is 0. The SMILES string of the molecule is COc1c(C)ccc2c1CCC=C2C(C)=O. The van der Waals surface area contributed by atoms with Gasteiger partial charge in [-0.3, -0.25) is 4.79 Å². The monoisotopic (exact) mass is 216 g/mol. The number of rotatable bonds is 2. The van der Waals surface area contributed by atoms with Crippen molar-refractivity contribution in [3.05, 3.63) is 34.9 Å². The fourth-order valence-corrected chi connectivity index (χ4v) is 2.33. The Kier molecular flexibility index (Phi) is 2.82. The van der Waals surface area contributed by atoms with E-state index in [1.807, 2.05) is 25.1 Å². The molecule has 1 aliphatic rings. The van der Waals surface area contributed by atoms with Gasteiger partial charge in [-0.25, -0.2) is 0 Å². The van der Waals surface area contributed by atoms with E-state index in [4.69, 9.17) is 4.74 Å². The minimum atomic E-state index is 0.131. The van der Waals surface area contributed by atoms with Crippen LogP contribution in [0.1, 0.15) is 30.0 Å². The summed E-state index contributed by atoms with van der Waals surface area (Å²) in [6.45, 7) is 3.65. The molecule has 0 amide bonds. The molecule has 0 bridgehead atoms. The van der Waals surface area contributed by atoms with Crippen molar-refractivity contribution < 1.29 is 9.53 Å². The van der Waals surface area contributed by atoms with Gasteiger partial charge in [-0.15, -0.1) is 0 Å². The number of Topliss-reactive ketones (excluding diaryl/α,β-unsaturated/α-hetero) is 1. The fraction of sp³-hybridized carbons (Fsp3) is 0.357. The molecular formula is C14H16O2. The number of fused-ring (bicyclic) bond motifs is 1. The summed E-state index contributed by atoms with van der Waals surface area (Å²) in [5.74, 6) is 1.07. The van der Waals surface area contributed by atoms with E-state index in [0.717, 1.165) is 35.3 Å². The van der Waals surface area contributed by atoms with Gasteiger partial charge in [-0.05, 0) is 37.8 Å². The summed E-state index contributed by atoms with van der Waals surface area (Å²) in [6, 6.07) is 4.04. The number of methoxy groups -OCH3 is 1. The summed E-state index contributed by atoms with van der Waals surface area (Å²) in [4.78, 5) is 11.5. The average Bonchev–Trinajstić information content (AvgIpc) is 2.27. The molecule has 0 atom stereocenters. The Hall–Kier alpha value is -1.57. The predicted molar refractivity (Wildman–Crippen MR) is 64.7 cm³/mol. The minimum Gasteiger partial charge on any atom is -0.496 e. The van der Waals surface area contributed by atoms with Crippen molar-refractivity contribution in [2.45, 2.75) is 26.7 Å². The van der Waals surface area contributed by atoms with E-state index >= 15 is 0 Å². The highest BCUT2D eigenvalue weighted by Gasteiger charge is 2.19. The van der Waals surface area contributed by atoms with Gasteiger partial charge in [0.05, 0.1) is 7.11 Å². The molecule has 0 spiro atoms. The number of carbonyl (C=O) groups is 1. The Morgan fingerprint density at radius 2 is 2.12 bits per heavy atom. The Balaban J connectivity index is 2.62. The van der Waals surface area contributed by atoms with E-state index in [9.17, 15) is 4.79 Å². The van der Waals surface area contributed by atoms with Crippen LogP contribution in [0.15, 0.2) is 18.2 Å². The van der Waals surface area contributed by atoms with Gasteiger partial charge >= 0.3 is 0 Å². The lowest BCUT2D eigenvalue weighted by Crippen LogP contribution is -2.08. The van der Waals surface area contributed by atoms with E-state index in [-0.39, 0.29) is 5.78 Å². The highest BCUT2D eigenvalue weighted by molar-refractivity contribution is 6.20. The Bertz CT molecular complexity index is 470. The molecule has 1 aromatic carbocycles. The normalized spacial score (nSPS) is 14.1. The molecule has 2 rings (SSSR count). The van der Waals surface area contributed by atoms with E-state index in [1.54, 1.807) is 14.0 Å². The van der Waals surface area contributed by atoms with Gasteiger partial charge in [-0.1, -0.05) is 18.2 Å². The number of aryl methyl sites for hydroxylation is 1. The maximum Gasteiger partial charge on any atom is 0.160 e. The lowest BCUT2D eigenvalue weighted by Gasteiger charge is -2.20. The van der Waals surface area contributed by atoms with Gasteiger partial charge in [0, 0.05) is 11.1 Å². The van der Waals surface area contributed by atoms with Crippen molar-refractivity contribution in [1.82, 2.24) is 0 Å². The Morgan fingerprint density at radius 1 is 1.38 bits per heavy atom. The van der Waals surface area contributed by atoms with Crippen molar-refractivity contribution >= 4 is 11.4 Å². The van der Waals surface area contributed by atoms with E-state index in [1.165, 1.54) is 5.56 Å². The van der Waals surface area contributed by atoms with Crippen molar-refractivity contribution in [3.63, 3.8) is 0 Å². The van der Waals surface area contributed by atoms with Gasteiger partial charge in [0.1, 0.15) is 5.75 Å². The van der Waals surface area contributed by atoms with Crippen LogP contribution in [-0.4, -0.2) is 12.9 Å². The first-order valence-corrected chi connectivity index (χ1v) is 5.53. The number of carbonyl (C=O) groups excluding carboxylic acids is 1. The lowest BCUT2D eigenvalue weighted by molar-refractivity contribution is -0.111. The minimum absolute atomic E-state index is 0.131. The first kappa shape index (κ1) is 10.9. The van der Waals surface area contributed by atoms with E-state index in [2.05, 4.69) is 0 Å². The molecule has 0 unspecified atom stereocenters. The first-order chi connectivity index (χ1) is 7.65. The topological polar surface area (TPSA) is 26.3 Å². The highest BCUT2D eigenvalue weighted by Crippen LogP contribution is 2.35. The Labute approximate surface area is 95.9 Å². The maximum atomic E-state index is 11.5. The first-order valence-electron chi connectivity index (χ1n) is 5.53. The van der Waals surface area contributed by atoms with Crippen LogP contribution < -0.4 is 4.74 Å². The predicted octanol–water partition coefficient (Wildman–Crippen LogP) is 2.92. The molecule has 2 heteroatoms. The van der Waals surface area contributed by atoms with Crippen LogP contribution in [0.3, 0.4) is 0 Å². The van der Waals surface area contributed by atoms with Crippen molar-refractivity contribution in [2.24, 2.45) is 0 Å². The molecule has 16 heavy (non-hydrogen) atoms. The van der Waals surface area contributed by atoms with Crippen LogP contribution in [0.4, 0.5) is 0 Å². The zero-order valence-corrected chi connectivity index (χ0v) is 9.96. The van der Waals surface area contributed by atoms with Gasteiger partial charge < -0.3 is 4.74 Å². The van der Waals surface area contributed by atoms with Gasteiger partial charge in [0.2, 0.25) is 0 Å². The number of ketones is 1. The number of hydrogen-bond donors (Lipinski definition) is 0. The molecule has 84 valence electrons. The smallest absolute Gasteiger partial charge is 0.160 e.